The topological polar surface area (TPSA) is 47.7 Å². The maximum atomic E-state index is 4.28. The molecule has 2 heterocycles. The van der Waals surface area contributed by atoms with Gasteiger partial charge in [0.25, 0.3) is 0 Å². The van der Waals surface area contributed by atoms with Gasteiger partial charge in [0.15, 0.2) is 0 Å². The van der Waals surface area contributed by atoms with Crippen LogP contribution in [0.15, 0.2) is 31.1 Å². The average Bonchev–Trinajstić information content (AvgIpc) is 2.89. The molecule has 86 valence electrons. The molecule has 16 heavy (non-hydrogen) atoms. The van der Waals surface area contributed by atoms with Crippen molar-refractivity contribution in [3.8, 4) is 0 Å². The summed E-state index contributed by atoms with van der Waals surface area (Å²) >= 11 is 0. The Balaban J connectivity index is 2.08. The zero-order chi connectivity index (χ0) is 11.4. The van der Waals surface area contributed by atoms with E-state index < -0.39 is 0 Å². The first-order valence-corrected chi connectivity index (χ1v) is 5.53. The Morgan fingerprint density at radius 1 is 1.38 bits per heavy atom. The molecule has 0 radical (unpaired) electrons. The first-order valence-electron chi connectivity index (χ1n) is 5.53. The van der Waals surface area contributed by atoms with Gasteiger partial charge in [-0.15, -0.1) is 0 Å². The number of nitrogens with one attached hydrogen (secondary N) is 1. The van der Waals surface area contributed by atoms with Crippen molar-refractivity contribution < 1.29 is 0 Å². The van der Waals surface area contributed by atoms with Crippen molar-refractivity contribution in [3.63, 3.8) is 0 Å². The molecule has 0 aliphatic heterocycles. The molecule has 0 saturated heterocycles. The summed E-state index contributed by atoms with van der Waals surface area (Å²) in [5, 5.41) is 3.24. The van der Waals surface area contributed by atoms with Gasteiger partial charge in [-0.2, -0.15) is 0 Å². The molecule has 0 aliphatic rings. The summed E-state index contributed by atoms with van der Waals surface area (Å²) in [5.74, 6) is 0.926. The lowest BCUT2D eigenvalue weighted by atomic mass is 10.3. The average molecular weight is 219 g/mol. The fraction of sp³-hybridized carbons (Fsp3) is 0.455. The Hall–Kier alpha value is -1.78. The minimum absolute atomic E-state index is 0.353. The lowest BCUT2D eigenvalue weighted by molar-refractivity contribution is 0.468. The van der Waals surface area contributed by atoms with Crippen molar-refractivity contribution in [3.05, 3.63) is 31.1 Å². The quantitative estimate of drug-likeness (QED) is 0.833. The molecule has 2 aromatic heterocycles. The zero-order valence-electron chi connectivity index (χ0n) is 9.67. The normalized spacial score (nSPS) is 12.6. The molecule has 2 aromatic rings. The number of imidazole rings is 2. The smallest absolute Gasteiger partial charge is 0.203 e. The van der Waals surface area contributed by atoms with Crippen LogP contribution in [-0.2, 0) is 6.54 Å². The summed E-state index contributed by atoms with van der Waals surface area (Å²) in [6.45, 7) is 6.02. The molecular weight excluding hydrogens is 202 g/mol. The fourth-order valence-corrected chi connectivity index (χ4v) is 1.75. The van der Waals surface area contributed by atoms with Gasteiger partial charge in [-0.3, -0.25) is 0 Å². The SMILES string of the molecule is CCNc1nccn1C(C)Cn1ccnc1. The van der Waals surface area contributed by atoms with Crippen LogP contribution in [0.4, 0.5) is 5.95 Å². The van der Waals surface area contributed by atoms with E-state index in [1.54, 1.807) is 6.20 Å². The monoisotopic (exact) mass is 219 g/mol. The largest absolute Gasteiger partial charge is 0.356 e. The van der Waals surface area contributed by atoms with E-state index in [2.05, 4.69) is 38.3 Å². The van der Waals surface area contributed by atoms with E-state index in [1.807, 2.05) is 24.9 Å². The van der Waals surface area contributed by atoms with E-state index in [0.29, 0.717) is 6.04 Å². The van der Waals surface area contributed by atoms with E-state index in [1.165, 1.54) is 0 Å². The van der Waals surface area contributed by atoms with Crippen LogP contribution in [0.25, 0.3) is 0 Å². The standard InChI is InChI=1S/C11H17N5/c1-3-13-11-14-5-7-16(11)10(2)8-15-6-4-12-9-15/h4-7,9-10H,3,8H2,1-2H3,(H,13,14). The predicted molar refractivity (Wildman–Crippen MR) is 63.3 cm³/mol. The summed E-state index contributed by atoms with van der Waals surface area (Å²) in [4.78, 5) is 8.32. The maximum absolute atomic E-state index is 4.28. The van der Waals surface area contributed by atoms with Gasteiger partial charge in [0.05, 0.1) is 12.4 Å². The third kappa shape index (κ3) is 2.24. The highest BCUT2D eigenvalue weighted by atomic mass is 15.2. The number of aromatic nitrogens is 4. The van der Waals surface area contributed by atoms with Crippen LogP contribution in [0.2, 0.25) is 0 Å². The minimum Gasteiger partial charge on any atom is -0.356 e. The van der Waals surface area contributed by atoms with Gasteiger partial charge >= 0.3 is 0 Å². The van der Waals surface area contributed by atoms with Gasteiger partial charge in [-0.05, 0) is 13.8 Å². The van der Waals surface area contributed by atoms with Gasteiger partial charge in [-0.25, -0.2) is 9.97 Å². The second-order valence-corrected chi connectivity index (χ2v) is 3.80. The lowest BCUT2D eigenvalue weighted by Crippen LogP contribution is -2.14. The molecule has 0 amide bonds. The number of anilines is 1. The molecule has 0 spiro atoms. The molecule has 0 aliphatic carbocycles. The highest BCUT2D eigenvalue weighted by molar-refractivity contribution is 5.26. The molecule has 2 rings (SSSR count). The van der Waals surface area contributed by atoms with Crippen molar-refractivity contribution >= 4 is 5.95 Å². The lowest BCUT2D eigenvalue weighted by Gasteiger charge is -2.16. The first kappa shape index (κ1) is 10.7. The van der Waals surface area contributed by atoms with Crippen molar-refractivity contribution in [1.82, 2.24) is 19.1 Å². The van der Waals surface area contributed by atoms with Gasteiger partial charge in [0, 0.05) is 37.9 Å². The molecule has 5 nitrogen and oxygen atoms in total. The Labute approximate surface area is 95.1 Å². The van der Waals surface area contributed by atoms with Gasteiger partial charge in [0.2, 0.25) is 5.95 Å². The summed E-state index contributed by atoms with van der Waals surface area (Å²) in [5.41, 5.74) is 0. The van der Waals surface area contributed by atoms with E-state index in [0.717, 1.165) is 19.0 Å². The molecule has 1 unspecified atom stereocenters. The fourth-order valence-electron chi connectivity index (χ4n) is 1.75. The van der Waals surface area contributed by atoms with Crippen LogP contribution in [0, 0.1) is 0 Å². The molecule has 0 bridgehead atoms. The van der Waals surface area contributed by atoms with E-state index in [4.69, 9.17) is 0 Å². The van der Waals surface area contributed by atoms with Crippen LogP contribution in [-0.4, -0.2) is 25.6 Å². The van der Waals surface area contributed by atoms with Crippen LogP contribution in [0.5, 0.6) is 0 Å². The maximum Gasteiger partial charge on any atom is 0.203 e. The first-order chi connectivity index (χ1) is 7.81. The number of hydrogen-bond acceptors (Lipinski definition) is 3. The molecule has 0 aromatic carbocycles. The highest BCUT2D eigenvalue weighted by Crippen LogP contribution is 2.14. The third-order valence-corrected chi connectivity index (χ3v) is 2.51. The van der Waals surface area contributed by atoms with Crippen LogP contribution >= 0.6 is 0 Å². The Kier molecular flexibility index (Phi) is 3.24. The van der Waals surface area contributed by atoms with Gasteiger partial charge in [-0.1, -0.05) is 0 Å². The number of hydrogen-bond donors (Lipinski definition) is 1. The number of rotatable bonds is 5. The van der Waals surface area contributed by atoms with Crippen LogP contribution in [0.1, 0.15) is 19.9 Å². The molecular formula is C11H17N5. The molecule has 0 saturated carbocycles. The van der Waals surface area contributed by atoms with E-state index in [9.17, 15) is 0 Å². The highest BCUT2D eigenvalue weighted by Gasteiger charge is 2.09. The van der Waals surface area contributed by atoms with Crippen molar-refractivity contribution in [2.24, 2.45) is 0 Å². The van der Waals surface area contributed by atoms with Crippen molar-refractivity contribution in [2.45, 2.75) is 26.4 Å². The van der Waals surface area contributed by atoms with Crippen LogP contribution < -0.4 is 5.32 Å². The predicted octanol–water partition coefficient (Wildman–Crippen LogP) is 1.77. The van der Waals surface area contributed by atoms with Gasteiger partial charge in [0.1, 0.15) is 0 Å². The van der Waals surface area contributed by atoms with Crippen molar-refractivity contribution in [1.29, 1.82) is 0 Å². The molecule has 1 atom stereocenters. The summed E-state index contributed by atoms with van der Waals surface area (Å²) < 4.78 is 4.21. The summed E-state index contributed by atoms with van der Waals surface area (Å²) in [6.07, 6.45) is 9.43. The molecule has 0 fully saturated rings. The third-order valence-electron chi connectivity index (χ3n) is 2.51. The van der Waals surface area contributed by atoms with Crippen molar-refractivity contribution in [2.75, 3.05) is 11.9 Å². The summed E-state index contributed by atoms with van der Waals surface area (Å²) in [6, 6.07) is 0.353. The Morgan fingerprint density at radius 3 is 2.94 bits per heavy atom. The summed E-state index contributed by atoms with van der Waals surface area (Å²) in [7, 11) is 0. The second kappa shape index (κ2) is 4.83. The Bertz CT molecular complexity index is 417. The molecule has 1 N–H and O–H groups in total. The Morgan fingerprint density at radius 2 is 2.25 bits per heavy atom. The zero-order valence-corrected chi connectivity index (χ0v) is 9.67. The van der Waals surface area contributed by atoms with Gasteiger partial charge < -0.3 is 14.5 Å². The molecule has 5 heteroatoms. The minimum atomic E-state index is 0.353. The van der Waals surface area contributed by atoms with Crippen LogP contribution in [0.3, 0.4) is 0 Å². The second-order valence-electron chi connectivity index (χ2n) is 3.80. The number of nitrogens with zero attached hydrogens (tertiary/aromatic N) is 4. The van der Waals surface area contributed by atoms with E-state index >= 15 is 0 Å². The van der Waals surface area contributed by atoms with E-state index in [-0.39, 0.29) is 0 Å².